The van der Waals surface area contributed by atoms with Gasteiger partial charge in [-0.3, -0.25) is 4.79 Å². The fourth-order valence-electron chi connectivity index (χ4n) is 2.11. The molecule has 0 bridgehead atoms. The van der Waals surface area contributed by atoms with Crippen molar-refractivity contribution in [2.24, 2.45) is 0 Å². The average Bonchev–Trinajstić information content (AvgIpc) is 2.89. The van der Waals surface area contributed by atoms with E-state index in [-0.39, 0.29) is 5.75 Å². The summed E-state index contributed by atoms with van der Waals surface area (Å²) in [6.45, 7) is 5.31. The third kappa shape index (κ3) is 4.41. The minimum absolute atomic E-state index is 0.300. The lowest BCUT2D eigenvalue weighted by Gasteiger charge is -2.13. The first-order valence-corrected chi connectivity index (χ1v) is 8.97. The lowest BCUT2D eigenvalue weighted by atomic mass is 10.1. The van der Waals surface area contributed by atoms with Crippen LogP contribution < -0.4 is 5.32 Å². The summed E-state index contributed by atoms with van der Waals surface area (Å²) in [6, 6.07) is 9.17. The van der Waals surface area contributed by atoms with Crippen LogP contribution in [0.25, 0.3) is 0 Å². The molecule has 0 aliphatic carbocycles. The minimum atomic E-state index is -3.65. The highest BCUT2D eigenvalue weighted by atomic mass is 32.2. The van der Waals surface area contributed by atoms with E-state index in [1.54, 1.807) is 13.0 Å². The van der Waals surface area contributed by atoms with Gasteiger partial charge in [-0.05, 0) is 31.9 Å². The van der Waals surface area contributed by atoms with E-state index in [2.05, 4.69) is 10.5 Å². The molecule has 2 rings (SSSR count). The first-order valence-electron chi connectivity index (χ1n) is 7.25. The number of hydrogen-bond donors (Lipinski definition) is 1. The van der Waals surface area contributed by atoms with E-state index in [1.807, 2.05) is 31.2 Å². The fraction of sp³-hybridized carbons (Fsp3) is 0.375. The number of benzene rings is 1. The maximum atomic E-state index is 12.3. The number of rotatable bonds is 6. The number of carbonyl (C=O) groups is 1. The second-order valence-corrected chi connectivity index (χ2v) is 7.84. The number of aromatic nitrogens is 1. The van der Waals surface area contributed by atoms with Crippen molar-refractivity contribution in [3.8, 4) is 0 Å². The summed E-state index contributed by atoms with van der Waals surface area (Å²) in [4.78, 5) is 12.1. The fourth-order valence-corrected chi connectivity index (χ4v) is 3.32. The molecular formula is C16H20N2O4S. The van der Waals surface area contributed by atoms with E-state index < -0.39 is 21.0 Å². The van der Waals surface area contributed by atoms with Crippen LogP contribution in [-0.2, 0) is 26.9 Å². The topological polar surface area (TPSA) is 89.3 Å². The molecule has 6 nitrogen and oxygen atoms in total. The molecule has 1 heterocycles. The molecular weight excluding hydrogens is 316 g/mol. The zero-order valence-corrected chi connectivity index (χ0v) is 14.2. The van der Waals surface area contributed by atoms with Crippen LogP contribution in [0.5, 0.6) is 0 Å². The molecule has 1 aromatic carbocycles. The average molecular weight is 336 g/mol. The molecule has 0 saturated carbocycles. The number of carbonyl (C=O) groups excluding carboxylic acids is 1. The van der Waals surface area contributed by atoms with Gasteiger partial charge in [-0.25, -0.2) is 8.42 Å². The van der Waals surface area contributed by atoms with Gasteiger partial charge in [0, 0.05) is 12.6 Å². The Morgan fingerprint density at radius 3 is 2.61 bits per heavy atom. The zero-order chi connectivity index (χ0) is 17.0. The van der Waals surface area contributed by atoms with Crippen molar-refractivity contribution in [3.05, 3.63) is 52.9 Å². The number of aryl methyl sites for hydroxylation is 2. The van der Waals surface area contributed by atoms with Crippen molar-refractivity contribution in [1.82, 2.24) is 10.5 Å². The Labute approximate surface area is 135 Å². The molecule has 1 atom stereocenters. The number of nitrogens with one attached hydrogen (secondary N) is 1. The van der Waals surface area contributed by atoms with E-state index in [9.17, 15) is 13.2 Å². The molecule has 1 N–H and O–H groups in total. The summed E-state index contributed by atoms with van der Waals surface area (Å²) < 4.78 is 29.4. The molecule has 7 heteroatoms. The Balaban J connectivity index is 1.99. The van der Waals surface area contributed by atoms with Crippen LogP contribution in [0, 0.1) is 13.8 Å². The smallest absolute Gasteiger partial charge is 0.238 e. The van der Waals surface area contributed by atoms with E-state index >= 15 is 0 Å². The molecule has 23 heavy (non-hydrogen) atoms. The first kappa shape index (κ1) is 17.2. The second kappa shape index (κ2) is 6.95. The van der Waals surface area contributed by atoms with E-state index in [1.165, 1.54) is 6.92 Å². The molecule has 0 radical (unpaired) electrons. The molecule has 0 aliphatic rings. The summed E-state index contributed by atoms with van der Waals surface area (Å²) in [5, 5.41) is 5.19. The largest absolute Gasteiger partial charge is 0.361 e. The molecule has 0 fully saturated rings. The number of hydrogen-bond acceptors (Lipinski definition) is 5. The lowest BCUT2D eigenvalue weighted by Crippen LogP contribution is -2.38. The predicted octanol–water partition coefficient (Wildman–Crippen LogP) is 1.91. The number of sulfone groups is 1. The zero-order valence-electron chi connectivity index (χ0n) is 13.4. The molecule has 0 saturated heterocycles. The van der Waals surface area contributed by atoms with Gasteiger partial charge in [0.05, 0.1) is 11.4 Å². The van der Waals surface area contributed by atoms with Gasteiger partial charge in [0.25, 0.3) is 0 Å². The number of nitrogens with zero attached hydrogens (tertiary/aromatic N) is 1. The molecule has 0 unspecified atom stereocenters. The van der Waals surface area contributed by atoms with Gasteiger partial charge in [-0.2, -0.15) is 0 Å². The summed E-state index contributed by atoms with van der Waals surface area (Å²) in [5.41, 5.74) is 2.31. The normalized spacial score (nSPS) is 12.8. The van der Waals surface area contributed by atoms with Gasteiger partial charge >= 0.3 is 0 Å². The van der Waals surface area contributed by atoms with Crippen LogP contribution in [0.4, 0.5) is 0 Å². The predicted molar refractivity (Wildman–Crippen MR) is 86.4 cm³/mol. The maximum Gasteiger partial charge on any atom is 0.238 e. The van der Waals surface area contributed by atoms with Crippen molar-refractivity contribution in [1.29, 1.82) is 0 Å². The first-order chi connectivity index (χ1) is 10.8. The van der Waals surface area contributed by atoms with Crippen LogP contribution in [0.1, 0.15) is 29.5 Å². The maximum absolute atomic E-state index is 12.3. The number of amides is 1. The van der Waals surface area contributed by atoms with E-state index in [0.29, 0.717) is 18.0 Å². The van der Waals surface area contributed by atoms with Crippen LogP contribution in [0.3, 0.4) is 0 Å². The lowest BCUT2D eigenvalue weighted by molar-refractivity contribution is -0.120. The van der Waals surface area contributed by atoms with Crippen LogP contribution in [-0.4, -0.2) is 24.7 Å². The van der Waals surface area contributed by atoms with E-state index in [4.69, 9.17) is 4.52 Å². The summed E-state index contributed by atoms with van der Waals surface area (Å²) in [7, 11) is -3.65. The summed E-state index contributed by atoms with van der Waals surface area (Å²) >= 11 is 0. The highest BCUT2D eigenvalue weighted by Gasteiger charge is 2.29. The Morgan fingerprint density at radius 1 is 1.30 bits per heavy atom. The SMILES string of the molecule is Cc1cc(CS(=O)(=O)[C@@H](C)C(=O)NCc2ccccc2C)no1. The van der Waals surface area contributed by atoms with Gasteiger partial charge < -0.3 is 9.84 Å². The summed E-state index contributed by atoms with van der Waals surface area (Å²) in [5.74, 6) is -0.302. The van der Waals surface area contributed by atoms with Gasteiger partial charge in [-0.15, -0.1) is 0 Å². The van der Waals surface area contributed by atoms with Crippen molar-refractivity contribution >= 4 is 15.7 Å². The van der Waals surface area contributed by atoms with Crippen LogP contribution in [0.2, 0.25) is 0 Å². The standard InChI is InChI=1S/C16H20N2O4S/c1-11-6-4-5-7-14(11)9-17-16(19)13(3)23(20,21)10-15-8-12(2)22-18-15/h4-8,13H,9-10H2,1-3H3,(H,17,19)/t13-/m0/s1. The monoisotopic (exact) mass is 336 g/mol. The summed E-state index contributed by atoms with van der Waals surface area (Å²) in [6.07, 6.45) is 0. The minimum Gasteiger partial charge on any atom is -0.361 e. The Bertz CT molecular complexity index is 796. The van der Waals surface area contributed by atoms with Crippen molar-refractivity contribution in [3.63, 3.8) is 0 Å². The second-order valence-electron chi connectivity index (χ2n) is 5.52. The molecule has 1 aromatic heterocycles. The van der Waals surface area contributed by atoms with Gasteiger partial charge in [0.15, 0.2) is 9.84 Å². The highest BCUT2D eigenvalue weighted by molar-refractivity contribution is 7.92. The highest BCUT2D eigenvalue weighted by Crippen LogP contribution is 2.12. The van der Waals surface area contributed by atoms with Gasteiger partial charge in [0.2, 0.25) is 5.91 Å². The molecule has 0 aliphatic heterocycles. The van der Waals surface area contributed by atoms with Crippen LogP contribution in [0.15, 0.2) is 34.9 Å². The molecule has 124 valence electrons. The van der Waals surface area contributed by atoms with E-state index in [0.717, 1.165) is 11.1 Å². The van der Waals surface area contributed by atoms with Crippen molar-refractivity contribution < 1.29 is 17.7 Å². The molecule has 0 spiro atoms. The van der Waals surface area contributed by atoms with Crippen LogP contribution >= 0.6 is 0 Å². The van der Waals surface area contributed by atoms with Crippen molar-refractivity contribution in [2.45, 2.75) is 38.3 Å². The quantitative estimate of drug-likeness (QED) is 0.870. The Morgan fingerprint density at radius 2 is 2.00 bits per heavy atom. The molecule has 2 aromatic rings. The Kier molecular flexibility index (Phi) is 5.20. The third-order valence-electron chi connectivity index (χ3n) is 3.65. The third-order valence-corrected chi connectivity index (χ3v) is 5.64. The Hall–Kier alpha value is -2.15. The van der Waals surface area contributed by atoms with Gasteiger partial charge in [0.1, 0.15) is 11.0 Å². The van der Waals surface area contributed by atoms with Crippen molar-refractivity contribution in [2.75, 3.05) is 0 Å². The van der Waals surface area contributed by atoms with Gasteiger partial charge in [-0.1, -0.05) is 29.4 Å². The molecule has 1 amide bonds.